The molecule has 3 atom stereocenters. The first-order valence-corrected chi connectivity index (χ1v) is 14.9. The largest absolute Gasteiger partial charge is 0.480 e. The molecule has 0 spiro atoms. The third-order valence-electron chi connectivity index (χ3n) is 8.05. The average molecular weight is 556 g/mol. The van der Waals surface area contributed by atoms with Gasteiger partial charge in [-0.15, -0.1) is 0 Å². The Hall–Kier alpha value is -3.23. The molecule has 1 aromatic carbocycles. The van der Waals surface area contributed by atoms with Crippen LogP contribution < -0.4 is 5.32 Å². The van der Waals surface area contributed by atoms with Gasteiger partial charge in [-0.1, -0.05) is 62.4 Å². The van der Waals surface area contributed by atoms with Crippen LogP contribution in [-0.2, 0) is 30.4 Å². The van der Waals surface area contributed by atoms with Crippen LogP contribution in [0.5, 0.6) is 0 Å². The molecule has 2 aliphatic heterocycles. The van der Waals surface area contributed by atoms with Crippen LogP contribution in [-0.4, -0.2) is 75.6 Å². The summed E-state index contributed by atoms with van der Waals surface area (Å²) in [4.78, 5) is 67.0. The Kier molecular flexibility index (Phi) is 12.2. The molecule has 2 fully saturated rings. The summed E-state index contributed by atoms with van der Waals surface area (Å²) in [6.07, 6.45) is 8.29. The fraction of sp³-hybridized carbons (Fsp3) is 0.645. The van der Waals surface area contributed by atoms with Gasteiger partial charge in [-0.05, 0) is 44.6 Å². The standard InChI is InChI=1S/C31H45N3O6/c1-3-4-5-6-7-12-29(37)33-19-9-11-26(33)30(38)34-20-8-10-25(34)27(35)17-18-28(36)32-24(31(39)40)21-23-15-13-22(2)14-16-23/h13-16,24-26H,3-12,17-21H2,1-2H3,(H,32,36)(H,39,40)/t24-,25-,26-/m0/s1. The fourth-order valence-corrected chi connectivity index (χ4v) is 5.73. The van der Waals surface area contributed by atoms with E-state index in [0.717, 1.165) is 43.2 Å². The van der Waals surface area contributed by atoms with Crippen molar-refractivity contribution in [3.63, 3.8) is 0 Å². The lowest BCUT2D eigenvalue weighted by Crippen LogP contribution is -2.51. The van der Waals surface area contributed by atoms with E-state index in [1.54, 1.807) is 9.80 Å². The van der Waals surface area contributed by atoms with Crippen LogP contribution in [0.25, 0.3) is 0 Å². The van der Waals surface area contributed by atoms with Crippen LogP contribution in [0, 0.1) is 6.92 Å². The number of nitrogens with one attached hydrogen (secondary N) is 1. The lowest BCUT2D eigenvalue weighted by molar-refractivity contribution is -0.146. The number of unbranched alkanes of at least 4 members (excludes halogenated alkanes) is 4. The number of hydrogen-bond acceptors (Lipinski definition) is 5. The van der Waals surface area contributed by atoms with Gasteiger partial charge >= 0.3 is 5.97 Å². The quantitative estimate of drug-likeness (QED) is 0.317. The topological polar surface area (TPSA) is 124 Å². The second-order valence-electron chi connectivity index (χ2n) is 11.2. The summed E-state index contributed by atoms with van der Waals surface area (Å²) < 4.78 is 0. The van der Waals surface area contributed by atoms with E-state index in [9.17, 15) is 29.1 Å². The maximum Gasteiger partial charge on any atom is 0.326 e. The summed E-state index contributed by atoms with van der Waals surface area (Å²) in [6, 6.07) is 5.23. The van der Waals surface area contributed by atoms with Gasteiger partial charge in [0.2, 0.25) is 17.7 Å². The van der Waals surface area contributed by atoms with Crippen molar-refractivity contribution < 1.29 is 29.1 Å². The SMILES string of the molecule is CCCCCCCC(=O)N1CCC[C@H]1C(=O)N1CCC[C@H]1C(=O)CCC(=O)N[C@@H](Cc1ccc(C)cc1)C(=O)O. The normalized spacial score (nSPS) is 19.4. The Bertz CT molecular complexity index is 1040. The van der Waals surface area contributed by atoms with Crippen LogP contribution in [0.4, 0.5) is 0 Å². The van der Waals surface area contributed by atoms with Crippen LogP contribution in [0.15, 0.2) is 24.3 Å². The zero-order chi connectivity index (χ0) is 29.1. The number of benzene rings is 1. The highest BCUT2D eigenvalue weighted by molar-refractivity contribution is 5.95. The number of carbonyl (C=O) groups excluding carboxylic acids is 4. The van der Waals surface area contributed by atoms with Gasteiger partial charge in [-0.25, -0.2) is 4.79 Å². The molecule has 0 bridgehead atoms. The van der Waals surface area contributed by atoms with Crippen LogP contribution in [0.1, 0.15) is 95.1 Å². The molecule has 40 heavy (non-hydrogen) atoms. The summed E-state index contributed by atoms with van der Waals surface area (Å²) in [7, 11) is 0. The number of ketones is 1. The van der Waals surface area contributed by atoms with Crippen molar-refractivity contribution in [1.82, 2.24) is 15.1 Å². The molecule has 3 amide bonds. The second kappa shape index (κ2) is 15.5. The highest BCUT2D eigenvalue weighted by atomic mass is 16.4. The van der Waals surface area contributed by atoms with Gasteiger partial charge in [0.15, 0.2) is 5.78 Å². The Morgan fingerprint density at radius 3 is 2.20 bits per heavy atom. The van der Waals surface area contributed by atoms with E-state index in [2.05, 4.69) is 12.2 Å². The number of likely N-dealkylation sites (tertiary alicyclic amines) is 2. The van der Waals surface area contributed by atoms with Crippen LogP contribution in [0.2, 0.25) is 0 Å². The maximum atomic E-state index is 13.5. The zero-order valence-corrected chi connectivity index (χ0v) is 24.0. The van der Waals surface area contributed by atoms with Gasteiger partial charge in [0.1, 0.15) is 12.1 Å². The molecule has 2 N–H and O–H groups in total. The molecule has 0 unspecified atom stereocenters. The lowest BCUT2D eigenvalue weighted by Gasteiger charge is -2.31. The number of aliphatic carboxylic acids is 1. The van der Waals surface area contributed by atoms with Crippen LogP contribution in [0.3, 0.4) is 0 Å². The Morgan fingerprint density at radius 1 is 0.875 bits per heavy atom. The molecule has 2 heterocycles. The van der Waals surface area contributed by atoms with Gasteiger partial charge in [-0.2, -0.15) is 0 Å². The molecule has 220 valence electrons. The smallest absolute Gasteiger partial charge is 0.326 e. The van der Waals surface area contributed by atoms with Gasteiger partial charge in [-0.3, -0.25) is 19.2 Å². The molecule has 0 aliphatic carbocycles. The zero-order valence-electron chi connectivity index (χ0n) is 24.0. The summed E-state index contributed by atoms with van der Waals surface area (Å²) >= 11 is 0. The van der Waals surface area contributed by atoms with E-state index in [0.29, 0.717) is 38.8 Å². The van der Waals surface area contributed by atoms with Crippen LogP contribution >= 0.6 is 0 Å². The minimum Gasteiger partial charge on any atom is -0.480 e. The molecule has 2 aliphatic rings. The molecular formula is C31H45N3O6. The third kappa shape index (κ3) is 8.89. The number of rotatable bonds is 15. The van der Waals surface area contributed by atoms with Crippen molar-refractivity contribution >= 4 is 29.5 Å². The molecule has 3 rings (SSSR count). The van der Waals surface area contributed by atoms with Crippen molar-refractivity contribution in [3.05, 3.63) is 35.4 Å². The predicted molar refractivity (Wildman–Crippen MR) is 152 cm³/mol. The predicted octanol–water partition coefficient (Wildman–Crippen LogP) is 3.80. The highest BCUT2D eigenvalue weighted by Crippen LogP contribution is 2.27. The summed E-state index contributed by atoms with van der Waals surface area (Å²) in [5, 5.41) is 12.1. The fourth-order valence-electron chi connectivity index (χ4n) is 5.73. The molecule has 0 radical (unpaired) electrons. The van der Waals surface area contributed by atoms with Gasteiger partial charge < -0.3 is 20.2 Å². The van der Waals surface area contributed by atoms with Gasteiger partial charge in [0, 0.05) is 38.8 Å². The lowest BCUT2D eigenvalue weighted by atomic mass is 10.0. The van der Waals surface area contributed by atoms with Crippen molar-refractivity contribution in [2.75, 3.05) is 13.1 Å². The van der Waals surface area contributed by atoms with E-state index < -0.39 is 30.0 Å². The number of hydrogen-bond donors (Lipinski definition) is 2. The van der Waals surface area contributed by atoms with Crippen molar-refractivity contribution in [3.8, 4) is 0 Å². The third-order valence-corrected chi connectivity index (χ3v) is 8.05. The Labute approximate surface area is 237 Å². The first-order chi connectivity index (χ1) is 19.2. The molecule has 0 saturated carbocycles. The van der Waals surface area contributed by atoms with Crippen molar-refractivity contribution in [2.45, 2.75) is 115 Å². The number of carbonyl (C=O) groups is 5. The molecule has 9 nitrogen and oxygen atoms in total. The molecule has 0 aromatic heterocycles. The monoisotopic (exact) mass is 555 g/mol. The first-order valence-electron chi connectivity index (χ1n) is 14.9. The summed E-state index contributed by atoms with van der Waals surface area (Å²) in [6.45, 7) is 5.13. The maximum absolute atomic E-state index is 13.5. The van der Waals surface area contributed by atoms with E-state index >= 15 is 0 Å². The Balaban J connectivity index is 1.50. The minimum atomic E-state index is -1.13. The van der Waals surface area contributed by atoms with E-state index in [1.165, 1.54) is 6.42 Å². The molecular weight excluding hydrogens is 510 g/mol. The number of aryl methyl sites for hydroxylation is 1. The molecule has 1 aromatic rings. The summed E-state index contributed by atoms with van der Waals surface area (Å²) in [5.74, 6) is -1.98. The van der Waals surface area contributed by atoms with Crippen molar-refractivity contribution in [2.24, 2.45) is 0 Å². The number of amides is 3. The number of carboxylic acid groups (broad SMARTS) is 1. The summed E-state index contributed by atoms with van der Waals surface area (Å²) in [5.41, 5.74) is 1.85. The number of nitrogens with zero attached hydrogens (tertiary/aromatic N) is 2. The van der Waals surface area contributed by atoms with Crippen molar-refractivity contribution in [1.29, 1.82) is 0 Å². The number of Topliss-reactive ketones (excluding diaryl/α,β-unsaturated/α-hetero) is 1. The minimum absolute atomic E-state index is 0.0183. The molecule has 2 saturated heterocycles. The first kappa shape index (κ1) is 31.3. The number of carboxylic acids is 1. The van der Waals surface area contributed by atoms with Gasteiger partial charge in [0.25, 0.3) is 0 Å². The molecule has 9 heteroatoms. The average Bonchev–Trinajstić information content (AvgIpc) is 3.62. The Morgan fingerprint density at radius 2 is 1.52 bits per heavy atom. The van der Waals surface area contributed by atoms with E-state index in [4.69, 9.17) is 0 Å². The van der Waals surface area contributed by atoms with E-state index in [-0.39, 0.29) is 36.9 Å². The highest BCUT2D eigenvalue weighted by Gasteiger charge is 2.41. The van der Waals surface area contributed by atoms with E-state index in [1.807, 2.05) is 31.2 Å². The van der Waals surface area contributed by atoms with Gasteiger partial charge in [0.05, 0.1) is 6.04 Å². The second-order valence-corrected chi connectivity index (χ2v) is 11.2.